The average molecular weight is 575 g/mol. The van der Waals surface area contributed by atoms with Gasteiger partial charge in [-0.05, 0) is 50.2 Å². The van der Waals surface area contributed by atoms with E-state index < -0.39 is 31.6 Å². The van der Waals surface area contributed by atoms with E-state index in [4.69, 9.17) is 0 Å². The van der Waals surface area contributed by atoms with Crippen LogP contribution in [0.3, 0.4) is 0 Å². The maximum atomic E-state index is 13.9. The van der Waals surface area contributed by atoms with Crippen LogP contribution in [-0.4, -0.2) is 42.5 Å². The summed E-state index contributed by atoms with van der Waals surface area (Å²) in [6.07, 6.45) is 0. The van der Waals surface area contributed by atoms with Gasteiger partial charge in [-0.2, -0.15) is 0 Å². The third-order valence-electron chi connectivity index (χ3n) is 7.07. The summed E-state index contributed by atoms with van der Waals surface area (Å²) in [6, 6.07) is 21.4. The van der Waals surface area contributed by atoms with Crippen molar-refractivity contribution in [2.45, 2.75) is 23.6 Å². The summed E-state index contributed by atoms with van der Waals surface area (Å²) in [5.41, 5.74) is 1.56. The van der Waals surface area contributed by atoms with Gasteiger partial charge in [0.2, 0.25) is 0 Å². The van der Waals surface area contributed by atoms with Gasteiger partial charge in [0.1, 0.15) is 0 Å². The van der Waals surface area contributed by atoms with E-state index in [0.29, 0.717) is 0 Å². The Balaban J connectivity index is 1.74. The molecule has 1 aliphatic rings. The molecule has 10 heteroatoms. The number of carbonyl (C=O) groups excluding carboxylic acids is 2. The van der Waals surface area contributed by atoms with Crippen molar-refractivity contribution in [2.75, 3.05) is 22.7 Å². The normalized spacial score (nSPS) is 13.0. The average Bonchev–Trinajstić information content (AvgIpc) is 2.94. The Bertz CT molecular complexity index is 1760. The van der Waals surface area contributed by atoms with Crippen molar-refractivity contribution >= 4 is 43.0 Å². The second-order valence-corrected chi connectivity index (χ2v) is 13.6. The molecule has 0 saturated heterocycles. The van der Waals surface area contributed by atoms with E-state index in [1.54, 1.807) is 36.4 Å². The Morgan fingerprint density at radius 1 is 0.500 bits per heavy atom. The molecular formula is C30H26N2O6S2. The van der Waals surface area contributed by atoms with E-state index in [1.807, 2.05) is 13.8 Å². The van der Waals surface area contributed by atoms with Crippen LogP contribution in [0.15, 0.2) is 94.7 Å². The molecule has 0 N–H and O–H groups in total. The molecule has 0 radical (unpaired) electrons. The Hall–Kier alpha value is -4.28. The second-order valence-electron chi connectivity index (χ2n) is 9.63. The lowest BCUT2D eigenvalue weighted by molar-refractivity contribution is 0.0980. The zero-order chi connectivity index (χ0) is 29.0. The third-order valence-corrected chi connectivity index (χ3v) is 10.6. The number of fused-ring (bicyclic) bond motifs is 2. The molecule has 5 rings (SSSR count). The molecular weight excluding hydrogens is 548 g/mol. The number of benzene rings is 4. The smallest absolute Gasteiger partial charge is 0.264 e. The minimum atomic E-state index is -4.13. The summed E-state index contributed by atoms with van der Waals surface area (Å²) in [4.78, 5) is 27.8. The van der Waals surface area contributed by atoms with Gasteiger partial charge in [-0.3, -0.25) is 18.2 Å². The Morgan fingerprint density at radius 2 is 0.825 bits per heavy atom. The topological polar surface area (TPSA) is 109 Å². The maximum absolute atomic E-state index is 13.9. The first-order valence-corrected chi connectivity index (χ1v) is 15.2. The number of rotatable bonds is 6. The van der Waals surface area contributed by atoms with E-state index in [9.17, 15) is 26.4 Å². The van der Waals surface area contributed by atoms with Crippen LogP contribution in [-0.2, 0) is 20.0 Å². The van der Waals surface area contributed by atoms with Crippen LogP contribution < -0.4 is 8.61 Å². The van der Waals surface area contributed by atoms with Gasteiger partial charge in [0.25, 0.3) is 20.0 Å². The molecule has 0 aliphatic heterocycles. The van der Waals surface area contributed by atoms with Gasteiger partial charge in [-0.15, -0.1) is 0 Å². The van der Waals surface area contributed by atoms with Crippen molar-refractivity contribution < 1.29 is 26.4 Å². The van der Waals surface area contributed by atoms with Gasteiger partial charge in [-0.1, -0.05) is 59.7 Å². The lowest BCUT2D eigenvalue weighted by atomic mass is 9.82. The van der Waals surface area contributed by atoms with E-state index >= 15 is 0 Å². The molecule has 0 fully saturated rings. The van der Waals surface area contributed by atoms with Crippen LogP contribution in [0.25, 0.3) is 0 Å². The van der Waals surface area contributed by atoms with Crippen molar-refractivity contribution in [3.63, 3.8) is 0 Å². The summed E-state index contributed by atoms with van der Waals surface area (Å²) < 4.78 is 56.2. The molecule has 0 unspecified atom stereocenters. The van der Waals surface area contributed by atoms with Crippen molar-refractivity contribution in [3.05, 3.63) is 118 Å². The molecule has 4 aromatic rings. The minimum absolute atomic E-state index is 0.00692. The standard InChI is InChI=1S/C30H26N2O6S2/c1-19-9-13-21(14-10-19)39(35,36)31(3)25-17-18-26(32(4)40(37,38)22-15-11-20(2)12-16-22)28-27(25)29(33)23-7-5-6-8-24(23)30(28)34/h5-18H,1-4H3. The first-order chi connectivity index (χ1) is 18.9. The summed E-state index contributed by atoms with van der Waals surface area (Å²) in [5.74, 6) is -1.15. The van der Waals surface area contributed by atoms with Gasteiger partial charge in [0.15, 0.2) is 11.6 Å². The molecule has 0 spiro atoms. The molecule has 0 amide bonds. The molecule has 0 bridgehead atoms. The third kappa shape index (κ3) is 4.29. The Morgan fingerprint density at radius 3 is 1.15 bits per heavy atom. The molecule has 0 heterocycles. The summed E-state index contributed by atoms with van der Waals surface area (Å²) in [6.45, 7) is 3.66. The number of carbonyl (C=O) groups is 2. The summed E-state index contributed by atoms with van der Waals surface area (Å²) in [5, 5.41) is 0. The highest BCUT2D eigenvalue weighted by Crippen LogP contribution is 2.41. The van der Waals surface area contributed by atoms with Crippen molar-refractivity contribution in [1.82, 2.24) is 0 Å². The minimum Gasteiger partial charge on any atom is -0.288 e. The van der Waals surface area contributed by atoms with E-state index in [2.05, 4.69) is 0 Å². The highest BCUT2D eigenvalue weighted by molar-refractivity contribution is 7.93. The van der Waals surface area contributed by atoms with Crippen molar-refractivity contribution in [1.29, 1.82) is 0 Å². The zero-order valence-electron chi connectivity index (χ0n) is 22.2. The molecule has 4 aromatic carbocycles. The lowest BCUT2D eigenvalue weighted by Crippen LogP contribution is -2.34. The second kappa shape index (κ2) is 9.72. The van der Waals surface area contributed by atoms with Crippen molar-refractivity contribution in [3.8, 4) is 0 Å². The first kappa shape index (κ1) is 27.3. The Kier molecular flexibility index (Phi) is 6.63. The molecule has 0 aromatic heterocycles. The fourth-order valence-electron chi connectivity index (χ4n) is 4.71. The van der Waals surface area contributed by atoms with Gasteiger partial charge >= 0.3 is 0 Å². The highest BCUT2D eigenvalue weighted by Gasteiger charge is 2.38. The number of ketones is 2. The van der Waals surface area contributed by atoms with Gasteiger partial charge < -0.3 is 0 Å². The fraction of sp³-hybridized carbons (Fsp3) is 0.133. The molecule has 1 aliphatic carbocycles. The maximum Gasteiger partial charge on any atom is 0.264 e. The fourth-order valence-corrected chi connectivity index (χ4v) is 7.12. The summed E-state index contributed by atoms with van der Waals surface area (Å²) >= 11 is 0. The zero-order valence-corrected chi connectivity index (χ0v) is 23.9. The number of hydrogen-bond acceptors (Lipinski definition) is 6. The van der Waals surface area contributed by atoms with Crippen LogP contribution in [0.2, 0.25) is 0 Å². The molecule has 0 saturated carbocycles. The van der Waals surface area contributed by atoms with E-state index in [1.165, 1.54) is 62.6 Å². The van der Waals surface area contributed by atoms with Crippen LogP contribution in [0.1, 0.15) is 43.0 Å². The predicted octanol–water partition coefficient (Wildman–Crippen LogP) is 4.73. The number of sulfonamides is 2. The van der Waals surface area contributed by atoms with Gasteiger partial charge in [-0.25, -0.2) is 16.8 Å². The van der Waals surface area contributed by atoms with Crippen LogP contribution in [0.5, 0.6) is 0 Å². The molecule has 40 heavy (non-hydrogen) atoms. The predicted molar refractivity (Wildman–Crippen MR) is 153 cm³/mol. The van der Waals surface area contributed by atoms with Gasteiger partial charge in [0.05, 0.1) is 32.3 Å². The van der Waals surface area contributed by atoms with E-state index in [0.717, 1.165) is 19.7 Å². The Labute approximate surface area is 233 Å². The molecule has 0 atom stereocenters. The summed E-state index contributed by atoms with van der Waals surface area (Å²) in [7, 11) is -5.66. The largest absolute Gasteiger partial charge is 0.288 e. The lowest BCUT2D eigenvalue weighted by Gasteiger charge is -2.30. The van der Waals surface area contributed by atoms with E-state index in [-0.39, 0.29) is 43.4 Å². The number of hydrogen-bond donors (Lipinski definition) is 0. The van der Waals surface area contributed by atoms with Crippen molar-refractivity contribution in [2.24, 2.45) is 0 Å². The monoisotopic (exact) mass is 574 g/mol. The van der Waals surface area contributed by atoms with Gasteiger partial charge in [0, 0.05) is 25.2 Å². The number of nitrogens with zero attached hydrogens (tertiary/aromatic N) is 2. The highest BCUT2D eigenvalue weighted by atomic mass is 32.2. The SMILES string of the molecule is Cc1ccc(S(=O)(=O)N(C)c2ccc(N(C)S(=O)(=O)c3ccc(C)cc3)c3c2C(=O)c2ccccc2C3=O)cc1. The van der Waals surface area contributed by atoms with Crippen LogP contribution >= 0.6 is 0 Å². The first-order valence-electron chi connectivity index (χ1n) is 12.3. The molecule has 8 nitrogen and oxygen atoms in total. The quantitative estimate of drug-likeness (QED) is 0.290. The molecule has 204 valence electrons. The number of aryl methyl sites for hydroxylation is 2. The van der Waals surface area contributed by atoms with Crippen LogP contribution in [0, 0.1) is 13.8 Å². The van der Waals surface area contributed by atoms with Crippen LogP contribution in [0.4, 0.5) is 11.4 Å². The number of anilines is 2.